The molecule has 0 amide bonds. The van der Waals surface area contributed by atoms with Crippen LogP contribution < -0.4 is 0 Å². The van der Waals surface area contributed by atoms with Crippen LogP contribution in [0.2, 0.25) is 0 Å². The lowest BCUT2D eigenvalue weighted by Gasteiger charge is -1.89. The van der Waals surface area contributed by atoms with Gasteiger partial charge in [-0.3, -0.25) is 14.5 Å². The van der Waals surface area contributed by atoms with E-state index in [4.69, 9.17) is 0 Å². The minimum atomic E-state index is -0.481. The quantitative estimate of drug-likeness (QED) is 0.561. The Labute approximate surface area is 83.5 Å². The molecule has 0 bridgehead atoms. The molecule has 0 aliphatic heterocycles. The zero-order chi connectivity index (χ0) is 10.1. The third-order valence-corrected chi connectivity index (χ3v) is 2.59. The maximum absolute atomic E-state index is 10.2. The molecule has 0 saturated carbocycles. The van der Waals surface area contributed by atoms with Crippen LogP contribution in [0.4, 0.5) is 0 Å². The Morgan fingerprint density at radius 3 is 3.21 bits per heavy atom. The highest BCUT2D eigenvalue weighted by Crippen LogP contribution is 2.17. The van der Waals surface area contributed by atoms with Gasteiger partial charge in [-0.1, -0.05) is 0 Å². The maximum Gasteiger partial charge on any atom is 0.236 e. The van der Waals surface area contributed by atoms with Crippen molar-refractivity contribution in [1.29, 1.82) is 0 Å². The fourth-order valence-electron chi connectivity index (χ4n) is 1.24. The van der Waals surface area contributed by atoms with E-state index in [0.717, 1.165) is 22.5 Å². The molecule has 0 aliphatic rings. The molecule has 0 fully saturated rings. The molecule has 2 aromatic heterocycles. The molecule has 5 nitrogen and oxygen atoms in total. The van der Waals surface area contributed by atoms with Crippen molar-refractivity contribution in [2.45, 2.75) is 6.92 Å². The van der Waals surface area contributed by atoms with Crippen molar-refractivity contribution in [1.82, 2.24) is 9.38 Å². The summed E-state index contributed by atoms with van der Waals surface area (Å²) in [5.74, 6) is 0. The minimum Gasteiger partial charge on any atom is -0.290 e. The number of nitrogens with zero attached hydrogens (tertiary/aromatic N) is 3. The smallest absolute Gasteiger partial charge is 0.236 e. The monoisotopic (exact) mass is 209 g/mol. The van der Waals surface area contributed by atoms with Crippen LogP contribution in [0.3, 0.4) is 0 Å². The highest BCUT2D eigenvalue weighted by molar-refractivity contribution is 7.15. The van der Waals surface area contributed by atoms with Crippen LogP contribution in [0, 0.1) is 17.0 Å². The van der Waals surface area contributed by atoms with Crippen LogP contribution in [0.25, 0.3) is 11.0 Å². The standard InChI is InChI=1S/C8H7N3O2S/c1-6-7(2-3-11(12)13)10-4-5-14-8(10)9-6/h2-5H,1H3. The third kappa shape index (κ3) is 1.39. The van der Waals surface area contributed by atoms with E-state index in [0.29, 0.717) is 0 Å². The Bertz CT molecular complexity index is 512. The number of fused-ring (bicyclic) bond motifs is 1. The lowest BCUT2D eigenvalue weighted by molar-refractivity contribution is -0.401. The van der Waals surface area contributed by atoms with Gasteiger partial charge >= 0.3 is 0 Å². The van der Waals surface area contributed by atoms with Gasteiger partial charge in [0.2, 0.25) is 6.20 Å². The minimum absolute atomic E-state index is 0.481. The first-order valence-corrected chi connectivity index (χ1v) is 4.80. The van der Waals surface area contributed by atoms with Crippen molar-refractivity contribution in [3.63, 3.8) is 0 Å². The zero-order valence-electron chi connectivity index (χ0n) is 7.38. The summed E-state index contributed by atoms with van der Waals surface area (Å²) in [6, 6.07) is 0. The normalized spacial score (nSPS) is 11.5. The van der Waals surface area contributed by atoms with Crippen molar-refractivity contribution in [2.24, 2.45) is 0 Å². The number of hydrogen-bond acceptors (Lipinski definition) is 4. The second kappa shape index (κ2) is 3.22. The molecule has 0 spiro atoms. The molecule has 6 heteroatoms. The predicted octanol–water partition coefficient (Wildman–Crippen LogP) is 1.95. The van der Waals surface area contributed by atoms with Crippen LogP contribution in [0.15, 0.2) is 17.8 Å². The van der Waals surface area contributed by atoms with E-state index in [-0.39, 0.29) is 0 Å². The summed E-state index contributed by atoms with van der Waals surface area (Å²) in [5, 5.41) is 12.1. The SMILES string of the molecule is Cc1nc2sccn2c1C=C[N+](=O)[O-]. The van der Waals surface area contributed by atoms with Crippen LogP contribution in [-0.4, -0.2) is 14.3 Å². The Morgan fingerprint density at radius 1 is 1.71 bits per heavy atom. The number of aromatic nitrogens is 2. The summed E-state index contributed by atoms with van der Waals surface area (Å²) < 4.78 is 1.83. The predicted molar refractivity (Wildman–Crippen MR) is 53.8 cm³/mol. The number of thiazole rings is 1. The number of imidazole rings is 1. The van der Waals surface area contributed by atoms with E-state index in [1.165, 1.54) is 17.4 Å². The van der Waals surface area contributed by atoms with E-state index in [1.807, 2.05) is 22.9 Å². The summed E-state index contributed by atoms with van der Waals surface area (Å²) in [7, 11) is 0. The van der Waals surface area contributed by atoms with Gasteiger partial charge in [0.15, 0.2) is 4.96 Å². The van der Waals surface area contributed by atoms with Gasteiger partial charge < -0.3 is 0 Å². The fraction of sp³-hybridized carbons (Fsp3) is 0.125. The molecule has 0 aromatic carbocycles. The van der Waals surface area contributed by atoms with E-state index in [2.05, 4.69) is 4.98 Å². The van der Waals surface area contributed by atoms with Crippen molar-refractivity contribution in [3.8, 4) is 0 Å². The molecule has 2 heterocycles. The van der Waals surface area contributed by atoms with E-state index in [9.17, 15) is 10.1 Å². The van der Waals surface area contributed by atoms with Gasteiger partial charge in [-0.15, -0.1) is 11.3 Å². The molecule has 72 valence electrons. The van der Waals surface area contributed by atoms with Gasteiger partial charge in [-0.05, 0) is 6.92 Å². The molecule has 14 heavy (non-hydrogen) atoms. The topological polar surface area (TPSA) is 60.4 Å². The molecule has 0 saturated heterocycles. The Kier molecular flexibility index (Phi) is 2.05. The van der Waals surface area contributed by atoms with Gasteiger partial charge in [-0.25, -0.2) is 4.98 Å². The molecule has 2 aromatic rings. The zero-order valence-corrected chi connectivity index (χ0v) is 8.19. The lowest BCUT2D eigenvalue weighted by Crippen LogP contribution is -1.86. The molecule has 2 rings (SSSR count). The lowest BCUT2D eigenvalue weighted by atomic mass is 10.3. The van der Waals surface area contributed by atoms with Crippen LogP contribution >= 0.6 is 11.3 Å². The molecule has 0 N–H and O–H groups in total. The van der Waals surface area contributed by atoms with E-state index < -0.39 is 4.92 Å². The van der Waals surface area contributed by atoms with Crippen molar-refractivity contribution >= 4 is 22.4 Å². The van der Waals surface area contributed by atoms with E-state index >= 15 is 0 Å². The van der Waals surface area contributed by atoms with Gasteiger partial charge in [0, 0.05) is 17.7 Å². The van der Waals surface area contributed by atoms with Gasteiger partial charge in [-0.2, -0.15) is 0 Å². The first kappa shape index (κ1) is 8.89. The Hall–Kier alpha value is -1.69. The maximum atomic E-state index is 10.2. The van der Waals surface area contributed by atoms with Crippen LogP contribution in [-0.2, 0) is 0 Å². The largest absolute Gasteiger partial charge is 0.290 e. The fourth-order valence-corrected chi connectivity index (χ4v) is 2.01. The number of nitro groups is 1. The summed E-state index contributed by atoms with van der Waals surface area (Å²) in [6.45, 7) is 1.83. The van der Waals surface area contributed by atoms with E-state index in [1.54, 1.807) is 0 Å². The first-order chi connectivity index (χ1) is 6.68. The molecular formula is C8H7N3O2S. The highest BCUT2D eigenvalue weighted by Gasteiger charge is 2.06. The van der Waals surface area contributed by atoms with Crippen molar-refractivity contribution < 1.29 is 4.92 Å². The molecular weight excluding hydrogens is 202 g/mol. The highest BCUT2D eigenvalue weighted by atomic mass is 32.1. The third-order valence-electron chi connectivity index (χ3n) is 1.84. The van der Waals surface area contributed by atoms with Gasteiger partial charge in [0.1, 0.15) is 0 Å². The van der Waals surface area contributed by atoms with Crippen LogP contribution in [0.5, 0.6) is 0 Å². The number of hydrogen-bond donors (Lipinski definition) is 0. The second-order valence-corrected chi connectivity index (χ2v) is 3.61. The summed E-state index contributed by atoms with van der Waals surface area (Å²) in [4.78, 5) is 14.8. The van der Waals surface area contributed by atoms with Gasteiger partial charge in [0.25, 0.3) is 0 Å². The van der Waals surface area contributed by atoms with Gasteiger partial charge in [0.05, 0.1) is 16.3 Å². The molecule has 0 radical (unpaired) electrons. The number of aryl methyl sites for hydroxylation is 1. The summed E-state index contributed by atoms with van der Waals surface area (Å²) in [6.07, 6.45) is 4.23. The van der Waals surface area contributed by atoms with Crippen LogP contribution in [0.1, 0.15) is 11.4 Å². The summed E-state index contributed by atoms with van der Waals surface area (Å²) in [5.41, 5.74) is 1.56. The average molecular weight is 209 g/mol. The molecule has 0 unspecified atom stereocenters. The average Bonchev–Trinajstić information content (AvgIpc) is 2.61. The number of rotatable bonds is 2. The van der Waals surface area contributed by atoms with Crippen molar-refractivity contribution in [3.05, 3.63) is 39.3 Å². The summed E-state index contributed by atoms with van der Waals surface area (Å²) >= 11 is 1.50. The Morgan fingerprint density at radius 2 is 2.50 bits per heavy atom. The second-order valence-electron chi connectivity index (χ2n) is 2.74. The first-order valence-electron chi connectivity index (χ1n) is 3.92. The van der Waals surface area contributed by atoms with Crippen molar-refractivity contribution in [2.75, 3.05) is 0 Å². The molecule has 0 atom stereocenters. The molecule has 0 aliphatic carbocycles. The Balaban J connectivity index is 2.54.